The van der Waals surface area contributed by atoms with Crippen LogP contribution in [0.4, 0.5) is 0 Å². The number of thiazole rings is 1. The van der Waals surface area contributed by atoms with Crippen molar-refractivity contribution in [1.82, 2.24) is 19.6 Å². The molecule has 0 fully saturated rings. The summed E-state index contributed by atoms with van der Waals surface area (Å²) in [5, 5.41) is 3.48. The molecule has 136 valence electrons. The monoisotopic (exact) mass is 390 g/mol. The third-order valence-corrected chi connectivity index (χ3v) is 5.23. The lowest BCUT2D eigenvalue weighted by Crippen LogP contribution is -2.37. The molecule has 6 nitrogen and oxygen atoms in total. The molecule has 1 aromatic carbocycles. The molecule has 26 heavy (non-hydrogen) atoms. The van der Waals surface area contributed by atoms with Gasteiger partial charge >= 0.3 is 0 Å². The number of nitrogens with zero attached hydrogens (tertiary/aromatic N) is 3. The third-order valence-electron chi connectivity index (χ3n) is 4.08. The Morgan fingerprint density at radius 3 is 2.88 bits per heavy atom. The first-order valence-electron chi connectivity index (χ1n) is 8.04. The van der Waals surface area contributed by atoms with Gasteiger partial charge < -0.3 is 10.2 Å². The molecule has 0 saturated heterocycles. The van der Waals surface area contributed by atoms with Crippen molar-refractivity contribution in [3.05, 3.63) is 68.0 Å². The van der Waals surface area contributed by atoms with Crippen LogP contribution in [0.15, 0.2) is 41.5 Å². The number of likely N-dealkylation sites (N-methyl/N-ethyl adjacent to an activating group) is 1. The Labute approximate surface area is 160 Å². The summed E-state index contributed by atoms with van der Waals surface area (Å²) in [7, 11) is 3.85. The van der Waals surface area contributed by atoms with Gasteiger partial charge in [-0.1, -0.05) is 23.7 Å². The Kier molecular flexibility index (Phi) is 5.41. The van der Waals surface area contributed by atoms with E-state index in [-0.39, 0.29) is 17.2 Å². The second-order valence-corrected chi connectivity index (χ2v) is 7.87. The van der Waals surface area contributed by atoms with E-state index in [1.165, 1.54) is 21.9 Å². The van der Waals surface area contributed by atoms with Crippen LogP contribution in [0.25, 0.3) is 4.96 Å². The van der Waals surface area contributed by atoms with Gasteiger partial charge in [0.2, 0.25) is 0 Å². The predicted octanol–water partition coefficient (Wildman–Crippen LogP) is 2.75. The summed E-state index contributed by atoms with van der Waals surface area (Å²) in [6.07, 6.45) is 3.04. The first-order chi connectivity index (χ1) is 12.4. The Bertz CT molecular complexity index is 1010. The average molecular weight is 391 g/mol. The normalized spacial score (nSPS) is 12.5. The van der Waals surface area contributed by atoms with Crippen molar-refractivity contribution in [2.45, 2.75) is 13.0 Å². The summed E-state index contributed by atoms with van der Waals surface area (Å²) < 4.78 is 1.41. The van der Waals surface area contributed by atoms with E-state index in [1.807, 2.05) is 44.1 Å². The molecule has 0 saturated carbocycles. The topological polar surface area (TPSA) is 66.7 Å². The highest BCUT2D eigenvalue weighted by Gasteiger charge is 2.19. The van der Waals surface area contributed by atoms with E-state index >= 15 is 0 Å². The highest BCUT2D eigenvalue weighted by Crippen LogP contribution is 2.21. The molecule has 2 aromatic heterocycles. The number of aryl methyl sites for hydroxylation is 1. The van der Waals surface area contributed by atoms with E-state index in [0.29, 0.717) is 16.5 Å². The highest BCUT2D eigenvalue weighted by atomic mass is 35.5. The minimum atomic E-state index is -0.436. The number of aromatic nitrogens is 2. The number of halogens is 1. The van der Waals surface area contributed by atoms with Crippen molar-refractivity contribution in [3.63, 3.8) is 0 Å². The van der Waals surface area contributed by atoms with Crippen molar-refractivity contribution in [2.75, 3.05) is 20.6 Å². The minimum Gasteiger partial charge on any atom is -0.350 e. The molecular formula is C18H19ClN4O2S. The number of rotatable bonds is 5. The van der Waals surface area contributed by atoms with Crippen molar-refractivity contribution >= 4 is 33.8 Å². The van der Waals surface area contributed by atoms with Gasteiger partial charge in [-0.2, -0.15) is 0 Å². The first-order valence-corrected chi connectivity index (χ1v) is 9.24. The number of carbonyl (C=O) groups excluding carboxylic acids is 1. The van der Waals surface area contributed by atoms with Crippen LogP contribution >= 0.6 is 22.9 Å². The fraction of sp³-hybridized carbons (Fsp3) is 0.278. The number of nitrogens with one attached hydrogen (secondary N) is 1. The van der Waals surface area contributed by atoms with Crippen molar-refractivity contribution in [2.24, 2.45) is 0 Å². The first kappa shape index (κ1) is 18.6. The van der Waals surface area contributed by atoms with Gasteiger partial charge in [-0.3, -0.25) is 14.0 Å². The van der Waals surface area contributed by atoms with Crippen molar-refractivity contribution < 1.29 is 4.79 Å². The maximum Gasteiger partial charge on any atom is 0.271 e. The van der Waals surface area contributed by atoms with E-state index in [1.54, 1.807) is 12.3 Å². The van der Waals surface area contributed by atoms with Gasteiger partial charge in [-0.05, 0) is 38.7 Å². The summed E-state index contributed by atoms with van der Waals surface area (Å²) in [6, 6.07) is 7.44. The Hall–Kier alpha value is -2.22. The minimum absolute atomic E-state index is 0.0314. The lowest BCUT2D eigenvalue weighted by atomic mass is 10.1. The number of hydrogen-bond acceptors (Lipinski definition) is 5. The van der Waals surface area contributed by atoms with Crippen LogP contribution in [-0.4, -0.2) is 40.8 Å². The number of amides is 1. The van der Waals surface area contributed by atoms with Crippen LogP contribution in [0.3, 0.4) is 0 Å². The van der Waals surface area contributed by atoms with Gasteiger partial charge in [0.05, 0.1) is 6.04 Å². The van der Waals surface area contributed by atoms with Gasteiger partial charge in [-0.25, -0.2) is 4.98 Å². The number of benzene rings is 1. The van der Waals surface area contributed by atoms with Gasteiger partial charge in [0.25, 0.3) is 11.5 Å². The summed E-state index contributed by atoms with van der Waals surface area (Å²) in [4.78, 5) is 32.8. The van der Waals surface area contributed by atoms with E-state index < -0.39 is 5.91 Å². The summed E-state index contributed by atoms with van der Waals surface area (Å²) in [5.74, 6) is -0.436. The molecule has 0 aliphatic carbocycles. The summed E-state index contributed by atoms with van der Waals surface area (Å²) in [5.41, 5.74) is 0.659. The molecule has 0 aliphatic rings. The lowest BCUT2D eigenvalue weighted by molar-refractivity contribution is 0.0940. The second-order valence-electron chi connectivity index (χ2n) is 6.22. The predicted molar refractivity (Wildman–Crippen MR) is 104 cm³/mol. The molecule has 0 spiro atoms. The third kappa shape index (κ3) is 3.80. The van der Waals surface area contributed by atoms with Gasteiger partial charge in [0, 0.05) is 28.8 Å². The summed E-state index contributed by atoms with van der Waals surface area (Å²) >= 11 is 7.48. The van der Waals surface area contributed by atoms with Gasteiger partial charge in [0.1, 0.15) is 5.56 Å². The van der Waals surface area contributed by atoms with Crippen LogP contribution in [0, 0.1) is 6.92 Å². The van der Waals surface area contributed by atoms with E-state index in [4.69, 9.17) is 11.6 Å². The van der Waals surface area contributed by atoms with E-state index in [2.05, 4.69) is 10.3 Å². The molecule has 0 bridgehead atoms. The SMILES string of the molecule is Cc1cn2c(=O)c(C(=O)NC[C@H](c3cccc(Cl)c3)N(C)C)cnc2s1. The molecule has 0 radical (unpaired) electrons. The van der Waals surface area contributed by atoms with Crippen molar-refractivity contribution in [1.29, 1.82) is 0 Å². The fourth-order valence-electron chi connectivity index (χ4n) is 2.75. The number of hydrogen-bond donors (Lipinski definition) is 1. The number of fused-ring (bicyclic) bond motifs is 1. The highest BCUT2D eigenvalue weighted by molar-refractivity contribution is 7.16. The Morgan fingerprint density at radius 2 is 2.19 bits per heavy atom. The van der Waals surface area contributed by atoms with E-state index in [9.17, 15) is 9.59 Å². The zero-order chi connectivity index (χ0) is 18.8. The zero-order valence-electron chi connectivity index (χ0n) is 14.7. The lowest BCUT2D eigenvalue weighted by Gasteiger charge is -2.25. The maximum atomic E-state index is 12.5. The van der Waals surface area contributed by atoms with Gasteiger partial charge in [-0.15, -0.1) is 11.3 Å². The fourth-order valence-corrected chi connectivity index (χ4v) is 3.73. The zero-order valence-corrected chi connectivity index (χ0v) is 16.3. The molecule has 0 aliphatic heterocycles. The molecule has 2 heterocycles. The molecule has 1 atom stereocenters. The molecular weight excluding hydrogens is 372 g/mol. The van der Waals surface area contributed by atoms with Crippen LogP contribution in [0.1, 0.15) is 26.8 Å². The molecule has 3 aromatic rings. The molecule has 0 unspecified atom stereocenters. The molecule has 1 N–H and O–H groups in total. The second kappa shape index (κ2) is 7.57. The quantitative estimate of drug-likeness (QED) is 0.727. The average Bonchev–Trinajstić information content (AvgIpc) is 2.96. The number of carbonyl (C=O) groups is 1. The molecule has 3 rings (SSSR count). The van der Waals surface area contributed by atoms with Crippen LogP contribution in [0.5, 0.6) is 0 Å². The molecule has 8 heteroatoms. The van der Waals surface area contributed by atoms with Gasteiger partial charge in [0.15, 0.2) is 4.96 Å². The maximum absolute atomic E-state index is 12.5. The Morgan fingerprint density at radius 1 is 1.42 bits per heavy atom. The Balaban J connectivity index is 1.81. The van der Waals surface area contributed by atoms with Crippen molar-refractivity contribution in [3.8, 4) is 0 Å². The van der Waals surface area contributed by atoms with Crippen LogP contribution < -0.4 is 10.9 Å². The largest absolute Gasteiger partial charge is 0.350 e. The van der Waals surface area contributed by atoms with Crippen LogP contribution in [0.2, 0.25) is 5.02 Å². The standard InChI is InChI=1S/C18H19ClN4O2S/c1-11-10-23-17(25)14(8-21-18(23)26-11)16(24)20-9-15(22(2)3)12-5-4-6-13(19)7-12/h4-8,10,15H,9H2,1-3H3,(H,20,24)/t15-/m1/s1. The van der Waals surface area contributed by atoms with E-state index in [0.717, 1.165) is 10.4 Å². The smallest absolute Gasteiger partial charge is 0.271 e. The van der Waals surface area contributed by atoms with Crippen LogP contribution in [-0.2, 0) is 0 Å². The summed E-state index contributed by atoms with van der Waals surface area (Å²) in [6.45, 7) is 2.24. The molecule has 1 amide bonds.